The van der Waals surface area contributed by atoms with E-state index in [1.54, 1.807) is 0 Å². The lowest BCUT2D eigenvalue weighted by Gasteiger charge is -2.27. The molecule has 21 heavy (non-hydrogen) atoms. The van der Waals surface area contributed by atoms with E-state index in [4.69, 9.17) is 18.6 Å². The Bertz CT molecular complexity index is 591. The van der Waals surface area contributed by atoms with E-state index in [1.807, 2.05) is 0 Å². The number of halogens is 1. The summed E-state index contributed by atoms with van der Waals surface area (Å²) in [6.45, 7) is 4.26. The average Bonchev–Trinajstić information content (AvgIpc) is 2.62. The predicted molar refractivity (Wildman–Crippen MR) is 70.2 cm³/mol. The normalized spacial score (nSPS) is 20.0. The van der Waals surface area contributed by atoms with Gasteiger partial charge in [0.25, 0.3) is 0 Å². The third-order valence-electron chi connectivity index (χ3n) is 3.14. The van der Waals surface area contributed by atoms with Gasteiger partial charge in [-0.2, -0.15) is 14.0 Å². The van der Waals surface area contributed by atoms with Crippen molar-refractivity contribution < 1.29 is 28.9 Å². The van der Waals surface area contributed by atoms with Crippen molar-refractivity contribution in [3.8, 4) is 0 Å². The summed E-state index contributed by atoms with van der Waals surface area (Å²) in [6.07, 6.45) is 2.19. The molecule has 1 aromatic carbocycles. The van der Waals surface area contributed by atoms with E-state index < -0.39 is 10.2 Å². The second-order valence-corrected chi connectivity index (χ2v) is 5.55. The number of hydrogen-bond acceptors (Lipinski definition) is 7. The maximum absolute atomic E-state index is 8.60. The number of nitrogens with zero attached hydrogens (tertiary/aromatic N) is 3. The van der Waals surface area contributed by atoms with Gasteiger partial charge in [0.2, 0.25) is 5.96 Å². The molecule has 0 radical (unpaired) electrons. The zero-order chi connectivity index (χ0) is 15.8. The lowest BCUT2D eigenvalue weighted by Crippen LogP contribution is -2.58. The SMILES string of the molecule is CC1=CC(C)N=C2N(C)c3ccccc3N12.[O-][Cl+3]([O-])([O-])O. The minimum atomic E-state index is -4.69. The summed E-state index contributed by atoms with van der Waals surface area (Å²) < 4.78 is 32.7. The molecule has 0 saturated heterocycles. The largest absolute Gasteiger partial charge is 0.313 e. The molecular formula is C13H16ClN3O4. The molecule has 3 rings (SSSR count). The third kappa shape index (κ3) is 3.52. The van der Waals surface area contributed by atoms with Crippen molar-refractivity contribution in [1.82, 2.24) is 0 Å². The van der Waals surface area contributed by atoms with Crippen LogP contribution in [0, 0.1) is 10.2 Å². The van der Waals surface area contributed by atoms with Crippen LogP contribution in [-0.2, 0) is 0 Å². The molecule has 0 aromatic heterocycles. The first kappa shape index (κ1) is 15.7. The summed E-state index contributed by atoms with van der Waals surface area (Å²) >= 11 is 0. The van der Waals surface area contributed by atoms with Crippen LogP contribution in [0.3, 0.4) is 0 Å². The molecule has 1 aromatic rings. The smallest absolute Gasteiger partial charge is 0.210 e. The van der Waals surface area contributed by atoms with Crippen LogP contribution in [0.25, 0.3) is 0 Å². The van der Waals surface area contributed by atoms with Gasteiger partial charge in [-0.15, -0.1) is 0 Å². The van der Waals surface area contributed by atoms with Crippen LogP contribution in [0.4, 0.5) is 11.4 Å². The molecule has 114 valence electrons. The number of benzene rings is 1. The second-order valence-electron chi connectivity index (χ2n) is 4.76. The molecule has 0 aliphatic carbocycles. The lowest BCUT2D eigenvalue weighted by molar-refractivity contribution is -1.92. The first-order valence-electron chi connectivity index (χ1n) is 6.21. The number of rotatable bonds is 0. The molecule has 2 aliphatic rings. The number of para-hydroxylation sites is 2. The maximum Gasteiger partial charge on any atom is 0.210 e. The van der Waals surface area contributed by atoms with Gasteiger partial charge in [0.05, 0.1) is 32.3 Å². The fraction of sp³-hybridized carbons (Fsp3) is 0.308. The van der Waals surface area contributed by atoms with E-state index in [0.29, 0.717) is 0 Å². The van der Waals surface area contributed by atoms with E-state index in [1.165, 1.54) is 17.1 Å². The molecule has 0 saturated carbocycles. The summed E-state index contributed by atoms with van der Waals surface area (Å²) in [4.78, 5) is 9.06. The Kier molecular flexibility index (Phi) is 4.22. The summed E-state index contributed by atoms with van der Waals surface area (Å²) in [5, 5.41) is 0. The Balaban J connectivity index is 0.000000282. The van der Waals surface area contributed by atoms with Crippen molar-refractivity contribution in [3.63, 3.8) is 0 Å². The van der Waals surface area contributed by atoms with Crippen molar-refractivity contribution in [2.45, 2.75) is 19.9 Å². The first-order chi connectivity index (χ1) is 9.68. The van der Waals surface area contributed by atoms with Crippen LogP contribution in [0.5, 0.6) is 0 Å². The zero-order valence-electron chi connectivity index (χ0n) is 11.9. The minimum absolute atomic E-state index is 0.267. The molecule has 0 spiro atoms. The molecule has 1 unspecified atom stereocenters. The fourth-order valence-electron chi connectivity index (χ4n) is 2.44. The number of allylic oxidation sites excluding steroid dienone is 1. The van der Waals surface area contributed by atoms with Crippen LogP contribution in [0.15, 0.2) is 41.0 Å². The van der Waals surface area contributed by atoms with E-state index in [0.717, 1.165) is 5.96 Å². The van der Waals surface area contributed by atoms with Gasteiger partial charge in [0.15, 0.2) is 0 Å². The maximum atomic E-state index is 8.60. The standard InChI is InChI=1S/C13H15N3.ClHO4/c1-9-8-10(2)16-12-7-5-4-6-11(12)15(3)13(16)14-9;2-1(3,4)5/h4-9H,1-3H3;(H,2,3,4,5). The molecule has 0 fully saturated rings. The number of guanidine groups is 1. The Morgan fingerprint density at radius 3 is 2.29 bits per heavy atom. The molecule has 1 N–H and O–H groups in total. The molecule has 1 atom stereocenters. The minimum Gasteiger partial charge on any atom is -0.313 e. The van der Waals surface area contributed by atoms with Gasteiger partial charge >= 0.3 is 0 Å². The summed E-state index contributed by atoms with van der Waals surface area (Å²) in [5.74, 6) is 1.04. The van der Waals surface area contributed by atoms with Gasteiger partial charge in [0.1, 0.15) is 0 Å². The number of anilines is 2. The Morgan fingerprint density at radius 2 is 1.71 bits per heavy atom. The quantitative estimate of drug-likeness (QED) is 0.623. The van der Waals surface area contributed by atoms with E-state index in [9.17, 15) is 0 Å². The van der Waals surface area contributed by atoms with Crippen molar-refractivity contribution in [3.05, 3.63) is 36.0 Å². The van der Waals surface area contributed by atoms with Crippen LogP contribution < -0.4 is 23.8 Å². The van der Waals surface area contributed by atoms with Gasteiger partial charge in [0, 0.05) is 12.7 Å². The number of aliphatic imine (C=N–C) groups is 1. The number of hydrogen-bond donors (Lipinski definition) is 1. The van der Waals surface area contributed by atoms with E-state index in [2.05, 4.69) is 66.0 Å². The van der Waals surface area contributed by atoms with Gasteiger partial charge < -0.3 is 4.90 Å². The second kappa shape index (κ2) is 5.63. The molecule has 7 nitrogen and oxygen atoms in total. The average molecular weight is 314 g/mol. The Morgan fingerprint density at radius 1 is 1.19 bits per heavy atom. The fourth-order valence-corrected chi connectivity index (χ4v) is 2.44. The molecular weight excluding hydrogens is 298 g/mol. The Hall–Kier alpha value is -1.64. The zero-order valence-corrected chi connectivity index (χ0v) is 12.6. The van der Waals surface area contributed by atoms with Gasteiger partial charge in [-0.05, 0) is 32.1 Å². The summed E-state index contributed by atoms with van der Waals surface area (Å²) in [5.41, 5.74) is 3.71. The van der Waals surface area contributed by atoms with Gasteiger partial charge in [-0.25, -0.2) is 4.99 Å². The third-order valence-corrected chi connectivity index (χ3v) is 3.14. The summed E-state index contributed by atoms with van der Waals surface area (Å²) in [6, 6.07) is 8.68. The van der Waals surface area contributed by atoms with Gasteiger partial charge in [-0.1, -0.05) is 12.1 Å². The van der Waals surface area contributed by atoms with Crippen LogP contribution in [0.2, 0.25) is 0 Å². The number of fused-ring (bicyclic) bond motifs is 3. The van der Waals surface area contributed by atoms with Gasteiger partial charge in [-0.3, -0.25) is 4.90 Å². The molecule has 2 heterocycles. The highest BCUT2D eigenvalue weighted by Gasteiger charge is 2.33. The molecule has 0 amide bonds. The van der Waals surface area contributed by atoms with Crippen molar-refractivity contribution >= 4 is 17.3 Å². The molecule has 0 bridgehead atoms. The topological polar surface area (TPSA) is 108 Å². The predicted octanol–water partition coefficient (Wildman–Crippen LogP) is -1.52. The lowest BCUT2D eigenvalue weighted by atomic mass is 10.2. The highest BCUT2D eigenvalue weighted by molar-refractivity contribution is 6.18. The first-order valence-corrected chi connectivity index (χ1v) is 7.47. The molecule has 8 heteroatoms. The monoisotopic (exact) mass is 313 g/mol. The summed E-state index contributed by atoms with van der Waals surface area (Å²) in [7, 11) is -2.62. The molecule has 2 aliphatic heterocycles. The highest BCUT2D eigenvalue weighted by atomic mass is 35.7. The van der Waals surface area contributed by atoms with Crippen LogP contribution in [0.1, 0.15) is 13.8 Å². The van der Waals surface area contributed by atoms with Crippen molar-refractivity contribution in [2.24, 2.45) is 4.99 Å². The van der Waals surface area contributed by atoms with Crippen LogP contribution >= 0.6 is 0 Å². The van der Waals surface area contributed by atoms with E-state index >= 15 is 0 Å². The van der Waals surface area contributed by atoms with Crippen molar-refractivity contribution in [1.29, 1.82) is 0 Å². The van der Waals surface area contributed by atoms with Crippen LogP contribution in [-0.4, -0.2) is 23.7 Å². The Labute approximate surface area is 124 Å². The van der Waals surface area contributed by atoms with E-state index in [-0.39, 0.29) is 6.04 Å². The van der Waals surface area contributed by atoms with Crippen molar-refractivity contribution in [2.75, 3.05) is 16.8 Å². The highest BCUT2D eigenvalue weighted by Crippen LogP contribution is 2.39.